The number of aryl methyl sites for hydroxylation is 1. The fourth-order valence-electron chi connectivity index (χ4n) is 4.12. The third-order valence-corrected chi connectivity index (χ3v) is 6.04. The summed E-state index contributed by atoms with van der Waals surface area (Å²) in [5.41, 5.74) is 5.13. The van der Waals surface area contributed by atoms with Gasteiger partial charge in [0.25, 0.3) is 5.91 Å². The maximum absolute atomic E-state index is 12.0. The number of anilines is 2. The Morgan fingerprint density at radius 3 is 2.78 bits per heavy atom. The van der Waals surface area contributed by atoms with Crippen LogP contribution in [0.3, 0.4) is 0 Å². The second-order valence-corrected chi connectivity index (χ2v) is 8.63. The van der Waals surface area contributed by atoms with Crippen LogP contribution in [0.4, 0.5) is 11.6 Å². The molecule has 0 saturated heterocycles. The van der Waals surface area contributed by atoms with Gasteiger partial charge < -0.3 is 29.5 Å². The summed E-state index contributed by atoms with van der Waals surface area (Å²) in [5, 5.41) is 6.61. The van der Waals surface area contributed by atoms with E-state index in [-0.39, 0.29) is 12.0 Å². The number of methoxy groups -OCH3 is 1. The van der Waals surface area contributed by atoms with Crippen molar-refractivity contribution in [3.05, 3.63) is 54.0 Å². The zero-order chi connectivity index (χ0) is 24.8. The first-order chi connectivity index (χ1) is 17.5. The van der Waals surface area contributed by atoms with Gasteiger partial charge in [-0.2, -0.15) is 9.97 Å². The van der Waals surface area contributed by atoms with Gasteiger partial charge in [-0.05, 0) is 48.7 Å². The van der Waals surface area contributed by atoms with Crippen LogP contribution in [-0.4, -0.2) is 46.1 Å². The number of carbonyl (C=O) groups is 1. The van der Waals surface area contributed by atoms with Crippen molar-refractivity contribution in [1.82, 2.24) is 25.3 Å². The summed E-state index contributed by atoms with van der Waals surface area (Å²) in [6.07, 6.45) is 4.02. The molecule has 0 atom stereocenters. The Labute approximate surface area is 206 Å². The lowest BCUT2D eigenvalue weighted by Crippen LogP contribution is -2.17. The van der Waals surface area contributed by atoms with E-state index in [1.807, 2.05) is 31.3 Å². The highest BCUT2D eigenvalue weighted by Gasteiger charge is 2.27. The van der Waals surface area contributed by atoms with Crippen molar-refractivity contribution < 1.29 is 18.7 Å². The average molecular weight is 485 g/mol. The molecule has 5 aromatic rings. The number of H-pyrrole nitrogens is 1. The molecular formula is C26H24N6O4. The minimum Gasteiger partial charge on any atom is -0.495 e. The van der Waals surface area contributed by atoms with Gasteiger partial charge in [0.05, 0.1) is 18.2 Å². The van der Waals surface area contributed by atoms with Crippen molar-refractivity contribution in [1.29, 1.82) is 0 Å². The van der Waals surface area contributed by atoms with Gasteiger partial charge in [0.1, 0.15) is 23.0 Å². The monoisotopic (exact) mass is 484 g/mol. The van der Waals surface area contributed by atoms with Crippen LogP contribution in [-0.2, 0) is 0 Å². The molecule has 0 radical (unpaired) electrons. The van der Waals surface area contributed by atoms with Crippen LogP contribution in [0.2, 0.25) is 0 Å². The molecule has 10 heteroatoms. The molecule has 1 saturated carbocycles. The molecule has 0 spiro atoms. The number of benzene rings is 2. The van der Waals surface area contributed by atoms with Crippen molar-refractivity contribution in [2.45, 2.75) is 25.9 Å². The lowest BCUT2D eigenvalue weighted by molar-refractivity contribution is 0.0962. The van der Waals surface area contributed by atoms with Crippen molar-refractivity contribution in [2.75, 3.05) is 19.5 Å². The third kappa shape index (κ3) is 3.96. The molecule has 0 bridgehead atoms. The molecule has 1 aliphatic carbocycles. The second kappa shape index (κ2) is 8.56. The fourth-order valence-corrected chi connectivity index (χ4v) is 4.12. The first-order valence-corrected chi connectivity index (χ1v) is 11.6. The molecular weight excluding hydrogens is 460 g/mol. The topological polar surface area (TPSA) is 127 Å². The maximum atomic E-state index is 12.0. The highest BCUT2D eigenvalue weighted by Crippen LogP contribution is 2.39. The molecule has 36 heavy (non-hydrogen) atoms. The highest BCUT2D eigenvalue weighted by atomic mass is 16.5. The number of hydrogen-bond donors (Lipinski definition) is 3. The molecule has 0 unspecified atom stereocenters. The Morgan fingerprint density at radius 2 is 2.00 bits per heavy atom. The Morgan fingerprint density at radius 1 is 1.14 bits per heavy atom. The molecule has 0 aliphatic heterocycles. The molecule has 3 heterocycles. The van der Waals surface area contributed by atoms with E-state index in [1.165, 1.54) is 0 Å². The number of rotatable bonds is 7. The molecule has 1 fully saturated rings. The van der Waals surface area contributed by atoms with Crippen molar-refractivity contribution in [3.63, 3.8) is 0 Å². The Bertz CT molecular complexity index is 1620. The molecule has 1 amide bonds. The standard InChI is InChI=1S/C26H24N6O4/c1-13-29-19-8-4-14(10-21(19)35-13)17-12-28-23-22(17)25(36-16-6-7-16)32-26(31-23)30-18-9-5-15(24(33)27-2)11-20(18)34-3/h4-5,8-12,16H,6-7H2,1-3H3,(H,27,33)(H2,28,30,31,32). The van der Waals surface area contributed by atoms with E-state index < -0.39 is 0 Å². The van der Waals surface area contributed by atoms with Crippen LogP contribution in [0, 0.1) is 6.92 Å². The molecule has 1 aliphatic rings. The van der Waals surface area contributed by atoms with Crippen molar-refractivity contribution >= 4 is 39.7 Å². The SMILES string of the molecule is CNC(=O)c1ccc(Nc2nc(OC3CC3)c3c(-c4ccc5nc(C)oc5c4)c[nH]c3n2)c(OC)c1. The second-order valence-electron chi connectivity index (χ2n) is 8.63. The Balaban J connectivity index is 1.41. The first-order valence-electron chi connectivity index (χ1n) is 11.6. The number of ether oxygens (including phenoxy) is 2. The molecule has 3 aromatic heterocycles. The van der Waals surface area contributed by atoms with E-state index in [4.69, 9.17) is 23.9 Å². The van der Waals surface area contributed by atoms with Gasteiger partial charge in [0.2, 0.25) is 11.8 Å². The molecule has 2 aromatic carbocycles. The summed E-state index contributed by atoms with van der Waals surface area (Å²) in [6, 6.07) is 11.0. The molecule has 10 nitrogen and oxygen atoms in total. The summed E-state index contributed by atoms with van der Waals surface area (Å²) in [6.45, 7) is 1.83. The molecule has 6 rings (SSSR count). The van der Waals surface area contributed by atoms with E-state index in [9.17, 15) is 4.79 Å². The number of oxazole rings is 1. The quantitative estimate of drug-likeness (QED) is 0.303. The predicted octanol–water partition coefficient (Wildman–Crippen LogP) is 4.73. The zero-order valence-corrected chi connectivity index (χ0v) is 20.0. The summed E-state index contributed by atoms with van der Waals surface area (Å²) in [7, 11) is 3.13. The van der Waals surface area contributed by atoms with Crippen LogP contribution in [0.1, 0.15) is 29.1 Å². The number of fused-ring (bicyclic) bond motifs is 2. The number of amides is 1. The van der Waals surface area contributed by atoms with Gasteiger partial charge in [-0.1, -0.05) is 6.07 Å². The van der Waals surface area contributed by atoms with Gasteiger partial charge in [0, 0.05) is 31.3 Å². The third-order valence-electron chi connectivity index (χ3n) is 6.04. The summed E-state index contributed by atoms with van der Waals surface area (Å²) in [5.74, 6) is 1.76. The number of nitrogens with one attached hydrogen (secondary N) is 3. The molecule has 3 N–H and O–H groups in total. The fraction of sp³-hybridized carbons (Fsp3) is 0.231. The zero-order valence-electron chi connectivity index (χ0n) is 20.0. The van der Waals surface area contributed by atoms with Crippen molar-refractivity contribution in [2.24, 2.45) is 0 Å². The Kier molecular flexibility index (Phi) is 5.21. The number of nitrogens with zero attached hydrogens (tertiary/aromatic N) is 3. The largest absolute Gasteiger partial charge is 0.495 e. The van der Waals surface area contributed by atoms with Gasteiger partial charge in [-0.3, -0.25) is 4.79 Å². The van der Waals surface area contributed by atoms with Crippen LogP contribution < -0.4 is 20.1 Å². The molecule has 182 valence electrons. The van der Waals surface area contributed by atoms with Crippen LogP contribution in [0.25, 0.3) is 33.3 Å². The minimum absolute atomic E-state index is 0.138. The van der Waals surface area contributed by atoms with Gasteiger partial charge in [-0.25, -0.2) is 4.98 Å². The highest BCUT2D eigenvalue weighted by molar-refractivity contribution is 5.99. The van der Waals surface area contributed by atoms with Crippen LogP contribution >= 0.6 is 0 Å². The van der Waals surface area contributed by atoms with E-state index >= 15 is 0 Å². The smallest absolute Gasteiger partial charge is 0.251 e. The van der Waals surface area contributed by atoms with Gasteiger partial charge in [0.15, 0.2) is 11.5 Å². The van der Waals surface area contributed by atoms with Crippen LogP contribution in [0.15, 0.2) is 47.0 Å². The van der Waals surface area contributed by atoms with Crippen molar-refractivity contribution in [3.8, 4) is 22.8 Å². The van der Waals surface area contributed by atoms with Crippen LogP contribution in [0.5, 0.6) is 11.6 Å². The lowest BCUT2D eigenvalue weighted by atomic mass is 10.1. The lowest BCUT2D eigenvalue weighted by Gasteiger charge is -2.13. The normalized spacial score (nSPS) is 13.2. The summed E-state index contributed by atoms with van der Waals surface area (Å²) in [4.78, 5) is 29.1. The number of aromatic amines is 1. The minimum atomic E-state index is -0.199. The Hall–Kier alpha value is -4.60. The van der Waals surface area contributed by atoms with Gasteiger partial charge in [-0.15, -0.1) is 0 Å². The maximum Gasteiger partial charge on any atom is 0.251 e. The summed E-state index contributed by atoms with van der Waals surface area (Å²) >= 11 is 0. The number of aromatic nitrogens is 4. The summed E-state index contributed by atoms with van der Waals surface area (Å²) < 4.78 is 17.4. The van der Waals surface area contributed by atoms with E-state index in [1.54, 1.807) is 32.4 Å². The number of carbonyl (C=O) groups excluding carboxylic acids is 1. The number of hydrogen-bond acceptors (Lipinski definition) is 8. The average Bonchev–Trinajstić information content (AvgIpc) is 3.46. The van der Waals surface area contributed by atoms with E-state index in [0.29, 0.717) is 40.4 Å². The van der Waals surface area contributed by atoms with E-state index in [2.05, 4.69) is 20.6 Å². The predicted molar refractivity (Wildman–Crippen MR) is 135 cm³/mol. The van der Waals surface area contributed by atoms with Gasteiger partial charge >= 0.3 is 0 Å². The van der Waals surface area contributed by atoms with E-state index in [0.717, 1.165) is 40.5 Å². The first kappa shape index (κ1) is 21.9.